The predicted molar refractivity (Wildman–Crippen MR) is 74.6 cm³/mol. The van der Waals surface area contributed by atoms with Crippen LogP contribution in [0, 0.1) is 0 Å². The molecule has 6 heteroatoms. The van der Waals surface area contributed by atoms with Crippen LogP contribution in [-0.2, 0) is 13.0 Å². The minimum absolute atomic E-state index is 0.0194. The lowest BCUT2D eigenvalue weighted by molar-refractivity contribution is 0.0690. The van der Waals surface area contributed by atoms with Gasteiger partial charge < -0.3 is 10.4 Å². The van der Waals surface area contributed by atoms with E-state index in [0.29, 0.717) is 6.54 Å². The standard InChI is InChI=1S/C14H18N4O2/c19-14(20)13-11-18(17-16-13)10-9-15-8-4-7-12-5-2-1-3-6-12/h1-3,5-6,11,15H,4,7-10H2,(H,19,20). The Labute approximate surface area is 117 Å². The van der Waals surface area contributed by atoms with Crippen LogP contribution in [0.2, 0.25) is 0 Å². The van der Waals surface area contributed by atoms with E-state index in [2.05, 4.69) is 27.8 Å². The Kier molecular flexibility index (Phi) is 5.25. The number of benzene rings is 1. The highest BCUT2D eigenvalue weighted by molar-refractivity contribution is 5.84. The molecule has 106 valence electrons. The number of carbonyl (C=O) groups is 1. The number of aromatic nitrogens is 3. The molecule has 20 heavy (non-hydrogen) atoms. The lowest BCUT2D eigenvalue weighted by Crippen LogP contribution is -2.21. The van der Waals surface area contributed by atoms with Crippen molar-refractivity contribution in [3.63, 3.8) is 0 Å². The van der Waals surface area contributed by atoms with Crippen molar-refractivity contribution in [2.75, 3.05) is 13.1 Å². The van der Waals surface area contributed by atoms with Gasteiger partial charge in [0.15, 0.2) is 5.69 Å². The van der Waals surface area contributed by atoms with Crippen LogP contribution in [0.4, 0.5) is 0 Å². The Hall–Kier alpha value is -2.21. The molecule has 0 aliphatic carbocycles. The SMILES string of the molecule is O=C(O)c1cn(CCNCCCc2ccccc2)nn1. The maximum atomic E-state index is 10.6. The molecule has 0 spiro atoms. The summed E-state index contributed by atoms with van der Waals surface area (Å²) >= 11 is 0. The zero-order chi connectivity index (χ0) is 14.2. The van der Waals surface area contributed by atoms with Gasteiger partial charge in [0.2, 0.25) is 0 Å². The number of nitrogens with one attached hydrogen (secondary N) is 1. The molecule has 0 bridgehead atoms. The van der Waals surface area contributed by atoms with Gasteiger partial charge in [-0.15, -0.1) is 5.10 Å². The third kappa shape index (κ3) is 4.47. The highest BCUT2D eigenvalue weighted by atomic mass is 16.4. The molecule has 0 saturated heterocycles. The molecule has 1 aromatic carbocycles. The van der Waals surface area contributed by atoms with Crippen molar-refractivity contribution < 1.29 is 9.90 Å². The van der Waals surface area contributed by atoms with E-state index in [0.717, 1.165) is 25.9 Å². The van der Waals surface area contributed by atoms with E-state index in [4.69, 9.17) is 5.11 Å². The lowest BCUT2D eigenvalue weighted by atomic mass is 10.1. The Morgan fingerprint density at radius 1 is 1.25 bits per heavy atom. The predicted octanol–water partition coefficient (Wildman–Crippen LogP) is 1.20. The van der Waals surface area contributed by atoms with E-state index < -0.39 is 5.97 Å². The Balaban J connectivity index is 1.58. The second-order valence-electron chi connectivity index (χ2n) is 4.51. The number of aryl methyl sites for hydroxylation is 1. The third-order valence-electron chi connectivity index (χ3n) is 2.94. The summed E-state index contributed by atoms with van der Waals surface area (Å²) in [6.07, 6.45) is 3.57. The molecule has 0 unspecified atom stereocenters. The normalized spacial score (nSPS) is 10.6. The monoisotopic (exact) mass is 274 g/mol. The molecule has 0 fully saturated rings. The smallest absolute Gasteiger partial charge is 0.358 e. The van der Waals surface area contributed by atoms with Crippen molar-refractivity contribution in [1.29, 1.82) is 0 Å². The molecule has 0 atom stereocenters. The Morgan fingerprint density at radius 3 is 2.75 bits per heavy atom. The van der Waals surface area contributed by atoms with Crippen molar-refractivity contribution in [3.05, 3.63) is 47.8 Å². The average Bonchev–Trinajstić information content (AvgIpc) is 2.93. The minimum Gasteiger partial charge on any atom is -0.476 e. The van der Waals surface area contributed by atoms with Crippen LogP contribution in [-0.4, -0.2) is 39.2 Å². The summed E-state index contributed by atoms with van der Waals surface area (Å²) in [5.41, 5.74) is 1.32. The van der Waals surface area contributed by atoms with Crippen LogP contribution in [0.15, 0.2) is 36.5 Å². The van der Waals surface area contributed by atoms with E-state index >= 15 is 0 Å². The largest absolute Gasteiger partial charge is 0.476 e. The summed E-state index contributed by atoms with van der Waals surface area (Å²) < 4.78 is 1.54. The van der Waals surface area contributed by atoms with Crippen LogP contribution in [0.25, 0.3) is 0 Å². The van der Waals surface area contributed by atoms with E-state index in [-0.39, 0.29) is 5.69 Å². The Bertz CT molecular complexity index is 539. The van der Waals surface area contributed by atoms with Gasteiger partial charge in [0.05, 0.1) is 12.7 Å². The Morgan fingerprint density at radius 2 is 2.05 bits per heavy atom. The molecule has 1 heterocycles. The fourth-order valence-electron chi connectivity index (χ4n) is 1.89. The van der Waals surface area contributed by atoms with Gasteiger partial charge in [0, 0.05) is 6.54 Å². The highest BCUT2D eigenvalue weighted by Gasteiger charge is 2.07. The molecule has 0 saturated carbocycles. The lowest BCUT2D eigenvalue weighted by Gasteiger charge is -2.04. The molecule has 0 amide bonds. The number of carboxylic acid groups (broad SMARTS) is 1. The van der Waals surface area contributed by atoms with Gasteiger partial charge in [0.1, 0.15) is 0 Å². The van der Waals surface area contributed by atoms with E-state index in [1.807, 2.05) is 18.2 Å². The number of rotatable bonds is 8. The topological polar surface area (TPSA) is 80.0 Å². The summed E-state index contributed by atoms with van der Waals surface area (Å²) in [5, 5.41) is 19.3. The first-order valence-electron chi connectivity index (χ1n) is 6.64. The van der Waals surface area contributed by atoms with Crippen LogP contribution in [0.1, 0.15) is 22.5 Å². The summed E-state index contributed by atoms with van der Waals surface area (Å²) in [6.45, 7) is 2.29. The summed E-state index contributed by atoms with van der Waals surface area (Å²) in [5.74, 6) is -1.05. The number of nitrogens with zero attached hydrogens (tertiary/aromatic N) is 3. The van der Waals surface area contributed by atoms with Crippen molar-refractivity contribution >= 4 is 5.97 Å². The second-order valence-corrected chi connectivity index (χ2v) is 4.51. The van der Waals surface area contributed by atoms with Crippen LogP contribution < -0.4 is 5.32 Å². The van der Waals surface area contributed by atoms with Gasteiger partial charge in [-0.25, -0.2) is 4.79 Å². The van der Waals surface area contributed by atoms with Crippen molar-refractivity contribution in [2.45, 2.75) is 19.4 Å². The summed E-state index contributed by atoms with van der Waals surface area (Å²) in [6, 6.07) is 10.4. The molecule has 6 nitrogen and oxygen atoms in total. The first-order valence-corrected chi connectivity index (χ1v) is 6.64. The summed E-state index contributed by atoms with van der Waals surface area (Å²) in [7, 11) is 0. The molecule has 0 radical (unpaired) electrons. The molecule has 2 N–H and O–H groups in total. The zero-order valence-corrected chi connectivity index (χ0v) is 11.2. The van der Waals surface area contributed by atoms with Crippen molar-refractivity contribution in [3.8, 4) is 0 Å². The summed E-state index contributed by atoms with van der Waals surface area (Å²) in [4.78, 5) is 10.6. The molecule has 0 aliphatic rings. The quantitative estimate of drug-likeness (QED) is 0.707. The molecule has 2 aromatic rings. The van der Waals surface area contributed by atoms with Gasteiger partial charge in [-0.2, -0.15) is 0 Å². The van der Waals surface area contributed by atoms with Gasteiger partial charge in [-0.05, 0) is 24.9 Å². The second kappa shape index (κ2) is 7.40. The van der Waals surface area contributed by atoms with Crippen LogP contribution in [0.3, 0.4) is 0 Å². The highest BCUT2D eigenvalue weighted by Crippen LogP contribution is 2.01. The third-order valence-corrected chi connectivity index (χ3v) is 2.94. The average molecular weight is 274 g/mol. The van der Waals surface area contributed by atoms with Crippen LogP contribution >= 0.6 is 0 Å². The minimum atomic E-state index is -1.05. The van der Waals surface area contributed by atoms with Crippen molar-refractivity contribution in [2.24, 2.45) is 0 Å². The fraction of sp³-hybridized carbons (Fsp3) is 0.357. The maximum absolute atomic E-state index is 10.6. The van der Waals surface area contributed by atoms with Crippen LogP contribution in [0.5, 0.6) is 0 Å². The molecule has 1 aromatic heterocycles. The molecule has 2 rings (SSSR count). The van der Waals surface area contributed by atoms with E-state index in [1.54, 1.807) is 0 Å². The van der Waals surface area contributed by atoms with Crippen molar-refractivity contribution in [1.82, 2.24) is 20.3 Å². The number of carboxylic acids is 1. The van der Waals surface area contributed by atoms with Gasteiger partial charge in [-0.1, -0.05) is 35.5 Å². The number of hydrogen-bond donors (Lipinski definition) is 2. The van der Waals surface area contributed by atoms with E-state index in [9.17, 15) is 4.79 Å². The van der Waals surface area contributed by atoms with E-state index in [1.165, 1.54) is 16.4 Å². The first-order chi connectivity index (χ1) is 9.75. The molecular weight excluding hydrogens is 256 g/mol. The van der Waals surface area contributed by atoms with Gasteiger partial charge >= 0.3 is 5.97 Å². The fourth-order valence-corrected chi connectivity index (χ4v) is 1.89. The maximum Gasteiger partial charge on any atom is 0.358 e. The number of aromatic carboxylic acids is 1. The molecule has 0 aliphatic heterocycles. The zero-order valence-electron chi connectivity index (χ0n) is 11.2. The van der Waals surface area contributed by atoms with Gasteiger partial charge in [-0.3, -0.25) is 4.68 Å². The first kappa shape index (κ1) is 14.2. The molecular formula is C14H18N4O2. The van der Waals surface area contributed by atoms with Gasteiger partial charge in [0.25, 0.3) is 0 Å². The number of hydrogen-bond acceptors (Lipinski definition) is 4.